The number of aromatic nitrogens is 2. The summed E-state index contributed by atoms with van der Waals surface area (Å²) >= 11 is 6.18. The molecule has 1 heterocycles. The van der Waals surface area contributed by atoms with Crippen LogP contribution in [0.4, 0.5) is 0 Å². The largest absolute Gasteiger partial charge is 0.496 e. The van der Waals surface area contributed by atoms with E-state index in [-0.39, 0.29) is 0 Å². The van der Waals surface area contributed by atoms with Crippen molar-refractivity contribution in [1.82, 2.24) is 9.55 Å². The number of nitrogens with zero attached hydrogens (tertiary/aromatic N) is 2. The van der Waals surface area contributed by atoms with Crippen molar-refractivity contribution < 1.29 is 4.74 Å². The van der Waals surface area contributed by atoms with Crippen molar-refractivity contribution in [2.24, 2.45) is 12.8 Å². The fraction of sp³-hybridized carbons (Fsp3) is 0.308. The number of hydrogen-bond acceptors (Lipinski definition) is 3. The Bertz CT molecular complexity index is 578. The van der Waals surface area contributed by atoms with E-state index in [0.717, 1.165) is 28.4 Å². The minimum Gasteiger partial charge on any atom is -0.496 e. The highest BCUT2D eigenvalue weighted by atomic mass is 35.5. The van der Waals surface area contributed by atoms with Crippen molar-refractivity contribution in [2.75, 3.05) is 7.11 Å². The first-order chi connectivity index (χ1) is 8.58. The molecule has 0 saturated carbocycles. The van der Waals surface area contributed by atoms with Crippen LogP contribution in [0.25, 0.3) is 11.3 Å². The van der Waals surface area contributed by atoms with E-state index in [4.69, 9.17) is 22.1 Å². The van der Waals surface area contributed by atoms with Gasteiger partial charge in [0.1, 0.15) is 11.6 Å². The van der Waals surface area contributed by atoms with Crippen LogP contribution in [0.2, 0.25) is 5.02 Å². The lowest BCUT2D eigenvalue weighted by atomic mass is 10.1. The lowest BCUT2D eigenvalue weighted by Crippen LogP contribution is -2.05. The van der Waals surface area contributed by atoms with Crippen molar-refractivity contribution in [2.45, 2.75) is 13.5 Å². The molecule has 0 amide bonds. The lowest BCUT2D eigenvalue weighted by molar-refractivity contribution is 0.416. The molecule has 2 N–H and O–H groups in total. The topological polar surface area (TPSA) is 53.1 Å². The van der Waals surface area contributed by atoms with Gasteiger partial charge in [-0.25, -0.2) is 4.98 Å². The zero-order valence-electron chi connectivity index (χ0n) is 10.7. The van der Waals surface area contributed by atoms with Gasteiger partial charge in [-0.3, -0.25) is 0 Å². The molecule has 5 heteroatoms. The molecule has 2 rings (SSSR count). The van der Waals surface area contributed by atoms with Crippen LogP contribution in [0.15, 0.2) is 18.3 Å². The molecule has 96 valence electrons. The molecule has 0 aliphatic heterocycles. The number of aryl methyl sites for hydroxylation is 1. The van der Waals surface area contributed by atoms with Crippen LogP contribution in [-0.4, -0.2) is 16.7 Å². The first-order valence-corrected chi connectivity index (χ1v) is 6.01. The summed E-state index contributed by atoms with van der Waals surface area (Å²) in [5, 5.41) is 0.710. The first kappa shape index (κ1) is 12.9. The van der Waals surface area contributed by atoms with Crippen LogP contribution in [0.1, 0.15) is 11.4 Å². The van der Waals surface area contributed by atoms with Gasteiger partial charge in [0.25, 0.3) is 0 Å². The quantitative estimate of drug-likeness (QED) is 0.928. The van der Waals surface area contributed by atoms with Gasteiger partial charge in [0.15, 0.2) is 0 Å². The molecule has 0 aliphatic carbocycles. The van der Waals surface area contributed by atoms with Gasteiger partial charge in [0.2, 0.25) is 0 Å². The highest BCUT2D eigenvalue weighted by molar-refractivity contribution is 6.31. The van der Waals surface area contributed by atoms with Gasteiger partial charge in [0, 0.05) is 17.6 Å². The van der Waals surface area contributed by atoms with Gasteiger partial charge >= 0.3 is 0 Å². The minimum atomic E-state index is 0.401. The number of hydrogen-bond donors (Lipinski definition) is 1. The van der Waals surface area contributed by atoms with Gasteiger partial charge in [-0.1, -0.05) is 11.6 Å². The Morgan fingerprint density at radius 3 is 2.72 bits per heavy atom. The van der Waals surface area contributed by atoms with Gasteiger partial charge in [-0.15, -0.1) is 0 Å². The van der Waals surface area contributed by atoms with E-state index < -0.39 is 0 Å². The van der Waals surface area contributed by atoms with Gasteiger partial charge < -0.3 is 15.0 Å². The Morgan fingerprint density at radius 1 is 1.44 bits per heavy atom. The highest BCUT2D eigenvalue weighted by Gasteiger charge is 2.14. The Labute approximate surface area is 111 Å². The number of ether oxygens (including phenoxy) is 1. The second kappa shape index (κ2) is 5.00. The van der Waals surface area contributed by atoms with E-state index in [1.165, 1.54) is 0 Å². The third-order valence-corrected chi connectivity index (χ3v) is 3.43. The summed E-state index contributed by atoms with van der Waals surface area (Å²) in [6, 6.07) is 3.82. The Morgan fingerprint density at radius 2 is 2.17 bits per heavy atom. The van der Waals surface area contributed by atoms with E-state index in [1.807, 2.05) is 30.7 Å². The van der Waals surface area contributed by atoms with Crippen molar-refractivity contribution in [3.8, 4) is 17.0 Å². The van der Waals surface area contributed by atoms with Crippen molar-refractivity contribution in [1.29, 1.82) is 0 Å². The van der Waals surface area contributed by atoms with Crippen LogP contribution >= 0.6 is 11.6 Å². The predicted octanol–water partition coefficient (Wildman–Crippen LogP) is 2.52. The van der Waals surface area contributed by atoms with E-state index in [1.54, 1.807) is 13.3 Å². The molecule has 4 nitrogen and oxygen atoms in total. The van der Waals surface area contributed by atoms with Crippen LogP contribution in [0, 0.1) is 6.92 Å². The molecule has 1 aromatic heterocycles. The van der Waals surface area contributed by atoms with Gasteiger partial charge in [-0.05, 0) is 24.6 Å². The van der Waals surface area contributed by atoms with E-state index in [9.17, 15) is 0 Å². The number of nitrogens with two attached hydrogens (primary N) is 1. The van der Waals surface area contributed by atoms with Crippen LogP contribution in [0.3, 0.4) is 0 Å². The number of benzene rings is 1. The van der Waals surface area contributed by atoms with Crippen LogP contribution in [0.5, 0.6) is 5.75 Å². The maximum atomic E-state index is 6.18. The average Bonchev–Trinajstić information content (AvgIpc) is 2.73. The van der Waals surface area contributed by atoms with Crippen molar-refractivity contribution in [3.63, 3.8) is 0 Å². The molecule has 0 saturated heterocycles. The zero-order valence-corrected chi connectivity index (χ0v) is 11.5. The number of methoxy groups -OCH3 is 1. The third kappa shape index (κ3) is 2.09. The van der Waals surface area contributed by atoms with Crippen LogP contribution in [-0.2, 0) is 13.6 Å². The maximum absolute atomic E-state index is 6.18. The number of imidazole rings is 1. The van der Waals surface area contributed by atoms with Gasteiger partial charge in [-0.2, -0.15) is 0 Å². The SMILES string of the molecule is COc1cc(C)c(Cl)cc1-c1cnc(CN)n1C. The molecule has 0 atom stereocenters. The molecule has 0 fully saturated rings. The minimum absolute atomic E-state index is 0.401. The Hall–Kier alpha value is -1.52. The fourth-order valence-corrected chi connectivity index (χ4v) is 2.08. The normalized spacial score (nSPS) is 10.7. The summed E-state index contributed by atoms with van der Waals surface area (Å²) in [6.45, 7) is 2.35. The Balaban J connectivity index is 2.62. The molecular formula is C13H16ClN3O. The monoisotopic (exact) mass is 265 g/mol. The maximum Gasteiger partial charge on any atom is 0.128 e. The third-order valence-electron chi connectivity index (χ3n) is 3.02. The second-order valence-corrected chi connectivity index (χ2v) is 4.53. The molecule has 0 unspecified atom stereocenters. The summed E-state index contributed by atoms with van der Waals surface area (Å²) in [6.07, 6.45) is 1.78. The summed E-state index contributed by atoms with van der Waals surface area (Å²) in [7, 11) is 3.57. The second-order valence-electron chi connectivity index (χ2n) is 4.12. The molecule has 18 heavy (non-hydrogen) atoms. The van der Waals surface area contributed by atoms with E-state index >= 15 is 0 Å². The molecule has 0 radical (unpaired) electrons. The van der Waals surface area contributed by atoms with E-state index in [2.05, 4.69) is 4.98 Å². The van der Waals surface area contributed by atoms with E-state index in [0.29, 0.717) is 11.6 Å². The summed E-state index contributed by atoms with van der Waals surface area (Å²) in [5.74, 6) is 1.60. The predicted molar refractivity (Wildman–Crippen MR) is 72.8 cm³/mol. The van der Waals surface area contributed by atoms with Crippen molar-refractivity contribution >= 4 is 11.6 Å². The van der Waals surface area contributed by atoms with Crippen LogP contribution < -0.4 is 10.5 Å². The summed E-state index contributed by atoms with van der Waals surface area (Å²) in [5.41, 5.74) is 8.47. The molecule has 0 spiro atoms. The molecule has 1 aromatic carbocycles. The smallest absolute Gasteiger partial charge is 0.128 e. The average molecular weight is 266 g/mol. The molecule has 0 aliphatic rings. The van der Waals surface area contributed by atoms with Crippen molar-refractivity contribution in [3.05, 3.63) is 34.7 Å². The lowest BCUT2D eigenvalue weighted by Gasteiger charge is -2.12. The highest BCUT2D eigenvalue weighted by Crippen LogP contribution is 2.34. The molecule has 2 aromatic rings. The summed E-state index contributed by atoms with van der Waals surface area (Å²) < 4.78 is 7.35. The molecule has 0 bridgehead atoms. The molecular weight excluding hydrogens is 250 g/mol. The summed E-state index contributed by atoms with van der Waals surface area (Å²) in [4.78, 5) is 4.28. The standard InChI is InChI=1S/C13H16ClN3O/c1-8-4-12(18-3)9(5-10(8)14)11-7-16-13(6-15)17(11)2/h4-5,7H,6,15H2,1-3H3. The first-order valence-electron chi connectivity index (χ1n) is 5.63. The number of halogens is 1. The zero-order chi connectivity index (χ0) is 13.3. The Kier molecular flexibility index (Phi) is 3.59. The van der Waals surface area contributed by atoms with Gasteiger partial charge in [0.05, 0.1) is 25.5 Å². The number of rotatable bonds is 3. The fourth-order valence-electron chi connectivity index (χ4n) is 1.91.